The summed E-state index contributed by atoms with van der Waals surface area (Å²) >= 11 is 6.33. The summed E-state index contributed by atoms with van der Waals surface area (Å²) in [6, 6.07) is 9.44. The summed E-state index contributed by atoms with van der Waals surface area (Å²) in [5.74, 6) is -0.166. The lowest BCUT2D eigenvalue weighted by atomic mass is 10.1. The van der Waals surface area contributed by atoms with Crippen molar-refractivity contribution >= 4 is 44.9 Å². The van der Waals surface area contributed by atoms with Crippen LogP contribution >= 0.6 is 39.0 Å². The Morgan fingerprint density at radius 1 is 1.45 bits per heavy atom. The van der Waals surface area contributed by atoms with Crippen LogP contribution in [-0.2, 0) is 0 Å². The van der Waals surface area contributed by atoms with Crippen LogP contribution in [0.25, 0.3) is 0 Å². The maximum absolute atomic E-state index is 11.9. The summed E-state index contributed by atoms with van der Waals surface area (Å²) < 4.78 is 0.890. The van der Waals surface area contributed by atoms with Crippen LogP contribution in [0.3, 0.4) is 0 Å². The molecule has 0 aliphatic carbocycles. The smallest absolute Gasteiger partial charge is 0.261 e. The minimum atomic E-state index is -0.696. The fourth-order valence-electron chi connectivity index (χ4n) is 1.65. The molecule has 1 amide bonds. The molecule has 0 aliphatic heterocycles. The molecule has 1 atom stereocenters. The SMILES string of the molecule is CSc1ccc([C@H](O)CNC(=O)c2cc(Br)cs2)cc1. The van der Waals surface area contributed by atoms with Crippen LogP contribution in [-0.4, -0.2) is 23.8 Å². The van der Waals surface area contributed by atoms with E-state index in [-0.39, 0.29) is 12.5 Å². The Hall–Kier alpha value is -0.820. The van der Waals surface area contributed by atoms with Crippen molar-refractivity contribution in [3.63, 3.8) is 0 Å². The summed E-state index contributed by atoms with van der Waals surface area (Å²) in [5.41, 5.74) is 0.801. The highest BCUT2D eigenvalue weighted by Crippen LogP contribution is 2.21. The third-order valence-electron chi connectivity index (χ3n) is 2.75. The zero-order valence-corrected chi connectivity index (χ0v) is 14.0. The summed E-state index contributed by atoms with van der Waals surface area (Å²) in [7, 11) is 0. The van der Waals surface area contributed by atoms with Gasteiger partial charge in [-0.2, -0.15) is 0 Å². The second kappa shape index (κ2) is 7.26. The topological polar surface area (TPSA) is 49.3 Å². The number of carbonyl (C=O) groups excluding carboxylic acids is 1. The number of amides is 1. The molecule has 20 heavy (non-hydrogen) atoms. The quantitative estimate of drug-likeness (QED) is 0.787. The first-order chi connectivity index (χ1) is 9.60. The lowest BCUT2D eigenvalue weighted by Gasteiger charge is -2.12. The first kappa shape index (κ1) is 15.6. The van der Waals surface area contributed by atoms with Gasteiger partial charge in [0.25, 0.3) is 5.91 Å². The molecule has 2 N–H and O–H groups in total. The number of thiophene rings is 1. The van der Waals surface area contributed by atoms with Crippen molar-refractivity contribution in [1.82, 2.24) is 5.32 Å². The van der Waals surface area contributed by atoms with E-state index in [1.807, 2.05) is 35.9 Å². The van der Waals surface area contributed by atoms with Crippen molar-refractivity contribution in [2.24, 2.45) is 0 Å². The lowest BCUT2D eigenvalue weighted by Crippen LogP contribution is -2.27. The predicted octanol–water partition coefficient (Wildman–Crippen LogP) is 3.70. The third kappa shape index (κ3) is 4.09. The molecule has 0 saturated carbocycles. The summed E-state index contributed by atoms with van der Waals surface area (Å²) in [6.07, 6.45) is 1.31. The number of hydrogen-bond acceptors (Lipinski definition) is 4. The molecule has 0 saturated heterocycles. The minimum absolute atomic E-state index is 0.166. The zero-order valence-electron chi connectivity index (χ0n) is 10.8. The maximum Gasteiger partial charge on any atom is 0.261 e. The van der Waals surface area contributed by atoms with Gasteiger partial charge in [-0.3, -0.25) is 4.79 Å². The number of halogens is 1. The fraction of sp³-hybridized carbons (Fsp3) is 0.214. The van der Waals surface area contributed by atoms with Crippen molar-refractivity contribution in [3.8, 4) is 0 Å². The molecule has 106 valence electrons. The van der Waals surface area contributed by atoms with Gasteiger partial charge in [0, 0.05) is 21.3 Å². The summed E-state index contributed by atoms with van der Waals surface area (Å²) in [5, 5.41) is 14.6. The second-order valence-corrected chi connectivity index (χ2v) is 6.83. The van der Waals surface area contributed by atoms with E-state index in [1.54, 1.807) is 17.8 Å². The highest BCUT2D eigenvalue weighted by atomic mass is 79.9. The highest BCUT2D eigenvalue weighted by molar-refractivity contribution is 9.10. The van der Waals surface area contributed by atoms with Gasteiger partial charge in [-0.1, -0.05) is 12.1 Å². The van der Waals surface area contributed by atoms with Gasteiger partial charge in [0.2, 0.25) is 0 Å². The normalized spacial score (nSPS) is 12.2. The third-order valence-corrected chi connectivity index (χ3v) is 5.18. The van der Waals surface area contributed by atoms with Crippen molar-refractivity contribution in [2.45, 2.75) is 11.0 Å². The van der Waals surface area contributed by atoms with Gasteiger partial charge >= 0.3 is 0 Å². The molecule has 0 radical (unpaired) electrons. The van der Waals surface area contributed by atoms with Gasteiger partial charge in [-0.15, -0.1) is 23.1 Å². The predicted molar refractivity (Wildman–Crippen MR) is 87.5 cm³/mol. The molecular formula is C14H14BrNO2S2. The number of aliphatic hydroxyl groups excluding tert-OH is 1. The molecule has 0 aliphatic rings. The van der Waals surface area contributed by atoms with Gasteiger partial charge in [0.05, 0.1) is 11.0 Å². The van der Waals surface area contributed by atoms with Crippen LogP contribution in [0.4, 0.5) is 0 Å². The molecule has 2 aromatic rings. The van der Waals surface area contributed by atoms with Crippen LogP contribution in [0.15, 0.2) is 45.1 Å². The Balaban J connectivity index is 1.91. The van der Waals surface area contributed by atoms with Gasteiger partial charge < -0.3 is 10.4 Å². The Kier molecular flexibility index (Phi) is 5.65. The standard InChI is InChI=1S/C14H14BrNO2S2/c1-19-11-4-2-9(3-5-11)12(17)7-16-14(18)13-6-10(15)8-20-13/h2-6,8,12,17H,7H2,1H3,(H,16,18)/t12-/m1/s1. The zero-order chi connectivity index (χ0) is 14.5. The van der Waals surface area contributed by atoms with Crippen LogP contribution in [0.1, 0.15) is 21.3 Å². The number of benzene rings is 1. The van der Waals surface area contributed by atoms with Crippen LogP contribution in [0.5, 0.6) is 0 Å². The van der Waals surface area contributed by atoms with Crippen molar-refractivity contribution in [3.05, 3.63) is 50.6 Å². The molecule has 2 rings (SSSR count). The van der Waals surface area contributed by atoms with Crippen LogP contribution in [0, 0.1) is 0 Å². The van der Waals surface area contributed by atoms with E-state index >= 15 is 0 Å². The first-order valence-corrected chi connectivity index (χ1v) is 8.84. The number of carbonyl (C=O) groups is 1. The monoisotopic (exact) mass is 371 g/mol. The number of aliphatic hydroxyl groups is 1. The van der Waals surface area contributed by atoms with E-state index in [0.717, 1.165) is 14.9 Å². The van der Waals surface area contributed by atoms with Gasteiger partial charge in [-0.05, 0) is 45.9 Å². The van der Waals surface area contributed by atoms with E-state index in [1.165, 1.54) is 11.3 Å². The fourth-order valence-corrected chi connectivity index (χ4v) is 3.40. The Morgan fingerprint density at radius 3 is 2.70 bits per heavy atom. The van der Waals surface area contributed by atoms with Crippen molar-refractivity contribution < 1.29 is 9.90 Å². The van der Waals surface area contributed by atoms with Gasteiger partial charge in [0.1, 0.15) is 0 Å². The molecule has 0 unspecified atom stereocenters. The molecule has 1 aromatic heterocycles. The molecule has 0 fully saturated rings. The number of hydrogen-bond donors (Lipinski definition) is 2. The van der Waals surface area contributed by atoms with E-state index in [2.05, 4.69) is 21.2 Å². The minimum Gasteiger partial charge on any atom is -0.387 e. The molecule has 0 spiro atoms. The summed E-state index contributed by atoms with van der Waals surface area (Å²) in [6.45, 7) is 0.201. The largest absolute Gasteiger partial charge is 0.387 e. The highest BCUT2D eigenvalue weighted by Gasteiger charge is 2.12. The maximum atomic E-state index is 11.9. The van der Waals surface area contributed by atoms with Gasteiger partial charge in [0.15, 0.2) is 0 Å². The Morgan fingerprint density at radius 2 is 2.15 bits per heavy atom. The van der Waals surface area contributed by atoms with Crippen LogP contribution < -0.4 is 5.32 Å². The number of rotatable bonds is 5. The molecule has 1 aromatic carbocycles. The van der Waals surface area contributed by atoms with Crippen LogP contribution in [0.2, 0.25) is 0 Å². The molecular weight excluding hydrogens is 358 g/mol. The Labute approximate surface area is 134 Å². The second-order valence-electron chi connectivity index (χ2n) is 4.13. The Bertz CT molecular complexity index is 583. The average Bonchev–Trinajstić information content (AvgIpc) is 2.91. The molecule has 1 heterocycles. The number of nitrogens with one attached hydrogen (secondary N) is 1. The van der Waals surface area contributed by atoms with E-state index in [0.29, 0.717) is 4.88 Å². The summed E-state index contributed by atoms with van der Waals surface area (Å²) in [4.78, 5) is 13.6. The molecule has 0 bridgehead atoms. The van der Waals surface area contributed by atoms with Crippen molar-refractivity contribution in [2.75, 3.05) is 12.8 Å². The van der Waals surface area contributed by atoms with E-state index < -0.39 is 6.10 Å². The van der Waals surface area contributed by atoms with E-state index in [4.69, 9.17) is 0 Å². The van der Waals surface area contributed by atoms with E-state index in [9.17, 15) is 9.90 Å². The molecule has 3 nitrogen and oxygen atoms in total. The lowest BCUT2D eigenvalue weighted by molar-refractivity contribution is 0.0920. The van der Waals surface area contributed by atoms with Crippen molar-refractivity contribution in [1.29, 1.82) is 0 Å². The molecule has 6 heteroatoms. The van der Waals surface area contributed by atoms with Gasteiger partial charge in [-0.25, -0.2) is 0 Å². The average molecular weight is 372 g/mol. The first-order valence-electron chi connectivity index (χ1n) is 5.94. The number of thioether (sulfide) groups is 1.